The van der Waals surface area contributed by atoms with E-state index in [1.165, 1.54) is 6.42 Å². The summed E-state index contributed by atoms with van der Waals surface area (Å²) in [7, 11) is 1.66. The molecule has 0 saturated carbocycles. The number of carbonyl (C=O) groups excluding carboxylic acids is 1. The average molecular weight is 368 g/mol. The van der Waals surface area contributed by atoms with Crippen molar-refractivity contribution < 1.29 is 14.6 Å². The number of hydrogen-bond acceptors (Lipinski definition) is 4. The molecule has 1 atom stereocenters. The maximum absolute atomic E-state index is 12.4. The summed E-state index contributed by atoms with van der Waals surface area (Å²) in [6.07, 6.45) is 3.37. The molecule has 1 saturated heterocycles. The van der Waals surface area contributed by atoms with Crippen LogP contribution in [0.4, 0.5) is 0 Å². The molecule has 0 bridgehead atoms. The molecule has 2 aromatic rings. The Morgan fingerprint density at radius 1 is 1.19 bits per heavy atom. The van der Waals surface area contributed by atoms with Gasteiger partial charge >= 0.3 is 0 Å². The van der Waals surface area contributed by atoms with Crippen LogP contribution in [0, 0.1) is 0 Å². The van der Waals surface area contributed by atoms with Gasteiger partial charge in [-0.1, -0.05) is 36.8 Å². The second kappa shape index (κ2) is 9.53. The predicted molar refractivity (Wildman–Crippen MR) is 107 cm³/mol. The van der Waals surface area contributed by atoms with E-state index >= 15 is 0 Å². The first-order valence-electron chi connectivity index (χ1n) is 9.59. The van der Waals surface area contributed by atoms with Gasteiger partial charge < -0.3 is 15.2 Å². The van der Waals surface area contributed by atoms with Crippen LogP contribution in [0.1, 0.15) is 29.6 Å². The van der Waals surface area contributed by atoms with Gasteiger partial charge in [-0.2, -0.15) is 0 Å². The van der Waals surface area contributed by atoms with Gasteiger partial charge in [0, 0.05) is 30.3 Å². The number of carbonyl (C=O) groups is 1. The van der Waals surface area contributed by atoms with Crippen molar-refractivity contribution in [1.29, 1.82) is 0 Å². The van der Waals surface area contributed by atoms with E-state index < -0.39 is 0 Å². The smallest absolute Gasteiger partial charge is 0.251 e. The lowest BCUT2D eigenvalue weighted by molar-refractivity contribution is 0.0849. The summed E-state index contributed by atoms with van der Waals surface area (Å²) in [5, 5.41) is 12.5. The molecule has 2 N–H and O–H groups in total. The van der Waals surface area contributed by atoms with Gasteiger partial charge in [-0.15, -0.1) is 0 Å². The third-order valence-electron chi connectivity index (χ3n) is 5.21. The number of methoxy groups -OCH3 is 1. The Hall–Kier alpha value is -2.37. The third-order valence-corrected chi connectivity index (χ3v) is 5.21. The van der Waals surface area contributed by atoms with Crippen LogP contribution in [0.2, 0.25) is 0 Å². The molecule has 0 radical (unpaired) electrons. The highest BCUT2D eigenvalue weighted by Gasteiger charge is 2.21. The lowest BCUT2D eigenvalue weighted by atomic mass is 10.0. The molecule has 1 aliphatic heterocycles. The molecule has 5 nitrogen and oxygen atoms in total. The SMILES string of the molecule is COc1ccccc1-c1ccc(C(=O)NCCN2CCCCC2CO)cc1. The zero-order valence-electron chi connectivity index (χ0n) is 15.9. The molecule has 3 rings (SSSR count). The maximum atomic E-state index is 12.4. The predicted octanol–water partition coefficient (Wildman–Crippen LogP) is 2.94. The minimum atomic E-state index is -0.0702. The standard InChI is InChI=1S/C22H28N2O3/c1-27-21-8-3-2-7-20(21)17-9-11-18(12-10-17)22(26)23-13-15-24-14-5-4-6-19(24)16-25/h2-3,7-12,19,25H,4-6,13-16H2,1H3,(H,23,26). The number of aliphatic hydroxyl groups is 1. The second-order valence-electron chi connectivity index (χ2n) is 6.90. The van der Waals surface area contributed by atoms with Crippen LogP contribution in [-0.4, -0.2) is 55.3 Å². The zero-order valence-corrected chi connectivity index (χ0v) is 15.9. The largest absolute Gasteiger partial charge is 0.496 e. The molecular formula is C22H28N2O3. The second-order valence-corrected chi connectivity index (χ2v) is 6.90. The summed E-state index contributed by atoms with van der Waals surface area (Å²) in [4.78, 5) is 14.7. The van der Waals surface area contributed by atoms with Gasteiger partial charge in [0.1, 0.15) is 5.75 Å². The Balaban J connectivity index is 1.56. The number of piperidine rings is 1. The van der Waals surface area contributed by atoms with Gasteiger partial charge in [0.25, 0.3) is 5.91 Å². The molecule has 0 aliphatic carbocycles. The van der Waals surface area contributed by atoms with Gasteiger partial charge in [-0.05, 0) is 43.1 Å². The summed E-state index contributed by atoms with van der Waals surface area (Å²) in [5.41, 5.74) is 2.67. The number of ether oxygens (including phenoxy) is 1. The van der Waals surface area contributed by atoms with E-state index in [4.69, 9.17) is 4.74 Å². The molecule has 0 spiro atoms. The van der Waals surface area contributed by atoms with Crippen LogP contribution < -0.4 is 10.1 Å². The number of aliphatic hydroxyl groups excluding tert-OH is 1. The lowest BCUT2D eigenvalue weighted by Gasteiger charge is -2.34. The van der Waals surface area contributed by atoms with Crippen LogP contribution in [0.3, 0.4) is 0 Å². The quantitative estimate of drug-likeness (QED) is 0.789. The van der Waals surface area contributed by atoms with Gasteiger partial charge in [-0.3, -0.25) is 9.69 Å². The van der Waals surface area contributed by atoms with E-state index in [2.05, 4.69) is 10.2 Å². The number of likely N-dealkylation sites (tertiary alicyclic amines) is 1. The average Bonchev–Trinajstić information content (AvgIpc) is 2.74. The fourth-order valence-corrected chi connectivity index (χ4v) is 3.66. The third kappa shape index (κ3) is 4.87. The molecule has 144 valence electrons. The highest BCUT2D eigenvalue weighted by atomic mass is 16.5. The van der Waals surface area contributed by atoms with Crippen molar-refractivity contribution in [3.63, 3.8) is 0 Å². The Bertz CT molecular complexity index is 745. The van der Waals surface area contributed by atoms with E-state index in [0.29, 0.717) is 12.1 Å². The number of para-hydroxylation sites is 1. The molecular weight excluding hydrogens is 340 g/mol. The summed E-state index contributed by atoms with van der Waals surface area (Å²) in [5.74, 6) is 0.744. The molecule has 1 heterocycles. The van der Waals surface area contributed by atoms with Crippen molar-refractivity contribution >= 4 is 5.91 Å². The maximum Gasteiger partial charge on any atom is 0.251 e. The summed E-state index contributed by atoms with van der Waals surface area (Å²) >= 11 is 0. The Morgan fingerprint density at radius 2 is 1.96 bits per heavy atom. The molecule has 1 fully saturated rings. The van der Waals surface area contributed by atoms with Gasteiger partial charge in [0.05, 0.1) is 13.7 Å². The fourth-order valence-electron chi connectivity index (χ4n) is 3.66. The van der Waals surface area contributed by atoms with Crippen molar-refractivity contribution in [2.75, 3.05) is 33.4 Å². The highest BCUT2D eigenvalue weighted by molar-refractivity contribution is 5.94. The molecule has 1 amide bonds. The van der Waals surface area contributed by atoms with Crippen molar-refractivity contribution in [3.05, 3.63) is 54.1 Å². The van der Waals surface area contributed by atoms with Crippen LogP contribution in [0.25, 0.3) is 11.1 Å². The number of nitrogens with one attached hydrogen (secondary N) is 1. The number of rotatable bonds is 7. The van der Waals surface area contributed by atoms with Crippen molar-refractivity contribution in [1.82, 2.24) is 10.2 Å². The molecule has 27 heavy (non-hydrogen) atoms. The van der Waals surface area contributed by atoms with Crippen molar-refractivity contribution in [3.8, 4) is 16.9 Å². The minimum absolute atomic E-state index is 0.0702. The van der Waals surface area contributed by atoms with Crippen LogP contribution in [0.15, 0.2) is 48.5 Å². The van der Waals surface area contributed by atoms with E-state index in [1.54, 1.807) is 7.11 Å². The lowest BCUT2D eigenvalue weighted by Crippen LogP contribution is -2.45. The van der Waals surface area contributed by atoms with E-state index in [9.17, 15) is 9.90 Å². The molecule has 1 aliphatic rings. The highest BCUT2D eigenvalue weighted by Crippen LogP contribution is 2.29. The monoisotopic (exact) mass is 368 g/mol. The Morgan fingerprint density at radius 3 is 2.70 bits per heavy atom. The van der Waals surface area contributed by atoms with Gasteiger partial charge in [-0.25, -0.2) is 0 Å². The topological polar surface area (TPSA) is 61.8 Å². The zero-order chi connectivity index (χ0) is 19.1. The summed E-state index contributed by atoms with van der Waals surface area (Å²) in [6.45, 7) is 2.55. The van der Waals surface area contributed by atoms with Crippen LogP contribution in [0.5, 0.6) is 5.75 Å². The first-order valence-corrected chi connectivity index (χ1v) is 9.59. The minimum Gasteiger partial charge on any atom is -0.496 e. The molecule has 5 heteroatoms. The number of hydrogen-bond donors (Lipinski definition) is 2. The summed E-state index contributed by atoms with van der Waals surface area (Å²) < 4.78 is 5.40. The van der Waals surface area contributed by atoms with Crippen LogP contribution >= 0.6 is 0 Å². The Kier molecular flexibility index (Phi) is 6.85. The molecule has 0 aromatic heterocycles. The Labute approximate surface area is 161 Å². The van der Waals surface area contributed by atoms with Gasteiger partial charge in [0.2, 0.25) is 0 Å². The van der Waals surface area contributed by atoms with Crippen molar-refractivity contribution in [2.24, 2.45) is 0 Å². The number of nitrogens with zero attached hydrogens (tertiary/aromatic N) is 1. The van der Waals surface area contributed by atoms with Crippen LogP contribution in [-0.2, 0) is 0 Å². The normalized spacial score (nSPS) is 17.5. The molecule has 1 unspecified atom stereocenters. The summed E-state index contributed by atoms with van der Waals surface area (Å²) in [6, 6.07) is 15.6. The number of amides is 1. The fraction of sp³-hybridized carbons (Fsp3) is 0.409. The van der Waals surface area contributed by atoms with E-state index in [0.717, 1.165) is 42.8 Å². The van der Waals surface area contributed by atoms with E-state index in [-0.39, 0.29) is 18.6 Å². The van der Waals surface area contributed by atoms with E-state index in [1.807, 2.05) is 48.5 Å². The van der Waals surface area contributed by atoms with Crippen molar-refractivity contribution in [2.45, 2.75) is 25.3 Å². The molecule has 2 aromatic carbocycles. The first-order chi connectivity index (χ1) is 13.2. The van der Waals surface area contributed by atoms with Gasteiger partial charge in [0.15, 0.2) is 0 Å². The first kappa shape index (κ1) is 19.4. The number of benzene rings is 2.